The zero-order valence-electron chi connectivity index (χ0n) is 7.12. The van der Waals surface area contributed by atoms with Gasteiger partial charge in [0.15, 0.2) is 0 Å². The average molecular weight is 166 g/mol. The Morgan fingerprint density at radius 3 is 3.00 bits per heavy atom. The molecule has 0 radical (unpaired) electrons. The van der Waals surface area contributed by atoms with Crippen molar-refractivity contribution >= 4 is 17.6 Å². The van der Waals surface area contributed by atoms with Gasteiger partial charge in [-0.1, -0.05) is 31.6 Å². The number of hydrogen-bond acceptors (Lipinski definition) is 1. The highest BCUT2D eigenvalue weighted by Crippen LogP contribution is 2.17. The largest absolute Gasteiger partial charge is 0.238 e. The van der Waals surface area contributed by atoms with E-state index in [1.54, 1.807) is 0 Å². The second kappa shape index (κ2) is 5.53. The predicted octanol–water partition coefficient (Wildman–Crippen LogP) is 3.18. The summed E-state index contributed by atoms with van der Waals surface area (Å²) in [5.41, 5.74) is 0. The molecule has 0 saturated heterocycles. The van der Waals surface area contributed by atoms with Crippen LogP contribution in [-0.4, -0.2) is 11.7 Å². The van der Waals surface area contributed by atoms with Gasteiger partial charge in [-0.3, -0.25) is 0 Å². The van der Waals surface area contributed by atoms with Gasteiger partial charge in [0.25, 0.3) is 0 Å². The van der Waals surface area contributed by atoms with Crippen LogP contribution in [-0.2, 0) is 0 Å². The summed E-state index contributed by atoms with van der Waals surface area (Å²) in [5, 5.41) is 0. The monoisotopic (exact) mass is 166 g/mol. The van der Waals surface area contributed by atoms with Gasteiger partial charge in [-0.15, -0.1) is 5.98 Å². The van der Waals surface area contributed by atoms with E-state index in [-0.39, 0.29) is 0 Å². The molecule has 0 unspecified atom stereocenters. The van der Waals surface area contributed by atoms with E-state index in [0.29, 0.717) is 0 Å². The van der Waals surface area contributed by atoms with Crippen LogP contribution in [0, 0.1) is 0 Å². The fourth-order valence-corrected chi connectivity index (χ4v) is 2.27. The Morgan fingerprint density at radius 2 is 2.36 bits per heavy atom. The van der Waals surface area contributed by atoms with Crippen molar-refractivity contribution in [3.05, 3.63) is 24.2 Å². The van der Waals surface area contributed by atoms with Gasteiger partial charge in [0.05, 0.1) is 0 Å². The van der Waals surface area contributed by atoms with E-state index in [1.165, 1.54) is 24.9 Å². The van der Waals surface area contributed by atoms with Crippen molar-refractivity contribution in [2.24, 2.45) is 0 Å². The van der Waals surface area contributed by atoms with Gasteiger partial charge in [0.2, 0.25) is 5.99 Å². The molecule has 0 N–H and O–H groups in total. The van der Waals surface area contributed by atoms with Crippen LogP contribution in [0.3, 0.4) is 0 Å². The lowest BCUT2D eigenvalue weighted by atomic mass is 9.70. The first-order valence-electron chi connectivity index (χ1n) is 4.38. The molecule has 1 heterocycles. The van der Waals surface area contributed by atoms with E-state index in [1.807, 2.05) is 0 Å². The molecule has 0 fully saturated rings. The van der Waals surface area contributed by atoms with Gasteiger partial charge in [0.1, 0.15) is 0 Å². The van der Waals surface area contributed by atoms with E-state index in [0.717, 1.165) is 5.99 Å². The zero-order chi connectivity index (χ0) is 7.94. The predicted molar refractivity (Wildman–Crippen MR) is 56.2 cm³/mol. The molecule has 1 rings (SSSR count). The lowest BCUT2D eigenvalue weighted by Gasteiger charge is -2.07. The fraction of sp³-hybridized carbons (Fsp3) is 0.556. The molecule has 1 aliphatic rings. The standard InChI is InChI=1S/C9H15BS/c1-2-3-9-11-10-7-5-4-6-8-10/h4-7H,2-3,8-9H2,1H3. The molecule has 1 aliphatic heterocycles. The van der Waals surface area contributed by atoms with Crippen LogP contribution in [0.15, 0.2) is 24.2 Å². The van der Waals surface area contributed by atoms with Gasteiger partial charge in [-0.2, -0.15) is 0 Å². The van der Waals surface area contributed by atoms with Crippen LogP contribution in [0.1, 0.15) is 19.8 Å². The van der Waals surface area contributed by atoms with Crippen LogP contribution in [0.5, 0.6) is 0 Å². The summed E-state index contributed by atoms with van der Waals surface area (Å²) in [6.45, 7) is 2.25. The molecule has 0 spiro atoms. The zero-order valence-corrected chi connectivity index (χ0v) is 7.94. The first-order chi connectivity index (χ1) is 5.43. The SMILES string of the molecule is CCCCSB1C=CC=CC1. The van der Waals surface area contributed by atoms with E-state index >= 15 is 0 Å². The molecule has 0 aliphatic carbocycles. The molecule has 0 nitrogen and oxygen atoms in total. The molecule has 0 bridgehead atoms. The quantitative estimate of drug-likeness (QED) is 0.456. The van der Waals surface area contributed by atoms with Crippen molar-refractivity contribution in [1.29, 1.82) is 0 Å². The van der Waals surface area contributed by atoms with Gasteiger partial charge in [-0.25, -0.2) is 11.6 Å². The minimum Gasteiger partial charge on any atom is -0.204 e. The maximum Gasteiger partial charge on any atom is 0.238 e. The first kappa shape index (κ1) is 8.99. The smallest absolute Gasteiger partial charge is 0.204 e. The fourth-order valence-electron chi connectivity index (χ4n) is 1.06. The molecular weight excluding hydrogens is 151 g/mol. The van der Waals surface area contributed by atoms with Crippen molar-refractivity contribution in [3.63, 3.8) is 0 Å². The number of allylic oxidation sites excluding steroid dienone is 3. The van der Waals surface area contributed by atoms with E-state index in [4.69, 9.17) is 0 Å². The van der Waals surface area contributed by atoms with Gasteiger partial charge >= 0.3 is 0 Å². The third-order valence-electron chi connectivity index (χ3n) is 1.77. The number of unbranched alkanes of at least 4 members (excludes halogenated alkanes) is 1. The Hall–Kier alpha value is -0.105. The third-order valence-corrected chi connectivity index (χ3v) is 3.07. The van der Waals surface area contributed by atoms with Gasteiger partial charge in [0, 0.05) is 0 Å². The molecule has 0 aromatic rings. The van der Waals surface area contributed by atoms with E-state index < -0.39 is 0 Å². The molecule has 0 atom stereocenters. The Balaban J connectivity index is 2.07. The Morgan fingerprint density at radius 1 is 1.45 bits per heavy atom. The first-order valence-corrected chi connectivity index (χ1v) is 5.43. The second-order valence-electron chi connectivity index (χ2n) is 2.81. The van der Waals surface area contributed by atoms with Gasteiger partial charge in [-0.05, 0) is 18.5 Å². The Kier molecular flexibility index (Phi) is 4.52. The molecule has 0 amide bonds. The normalized spacial score (nSPS) is 15.9. The van der Waals surface area contributed by atoms with E-state index in [2.05, 4.69) is 42.7 Å². The Labute approximate surface area is 74.1 Å². The maximum atomic E-state index is 2.31. The lowest BCUT2D eigenvalue weighted by Crippen LogP contribution is -2.05. The van der Waals surface area contributed by atoms with Crippen molar-refractivity contribution in [3.8, 4) is 0 Å². The summed E-state index contributed by atoms with van der Waals surface area (Å²) in [4.78, 5) is 0. The minimum absolute atomic E-state index is 0.756. The summed E-state index contributed by atoms with van der Waals surface area (Å²) in [5.74, 6) is 4.38. The van der Waals surface area contributed by atoms with Crippen molar-refractivity contribution in [2.75, 3.05) is 5.75 Å². The second-order valence-corrected chi connectivity index (χ2v) is 4.16. The molecule has 11 heavy (non-hydrogen) atoms. The van der Waals surface area contributed by atoms with E-state index in [9.17, 15) is 0 Å². The van der Waals surface area contributed by atoms with Crippen LogP contribution in [0.4, 0.5) is 0 Å². The van der Waals surface area contributed by atoms with Crippen LogP contribution in [0.25, 0.3) is 0 Å². The van der Waals surface area contributed by atoms with Crippen LogP contribution >= 0.6 is 11.6 Å². The average Bonchev–Trinajstić information content (AvgIpc) is 2.07. The summed E-state index contributed by atoms with van der Waals surface area (Å²) in [6, 6.07) is 0. The van der Waals surface area contributed by atoms with Gasteiger partial charge < -0.3 is 0 Å². The molecule has 0 saturated carbocycles. The molecule has 60 valence electrons. The molecular formula is C9H15BS. The minimum atomic E-state index is 0.756. The van der Waals surface area contributed by atoms with Crippen molar-refractivity contribution < 1.29 is 0 Å². The van der Waals surface area contributed by atoms with Crippen LogP contribution in [0.2, 0.25) is 6.32 Å². The number of rotatable bonds is 4. The lowest BCUT2D eigenvalue weighted by molar-refractivity contribution is 0.898. The molecule has 0 aromatic heterocycles. The molecule has 0 aromatic carbocycles. The topological polar surface area (TPSA) is 0 Å². The third kappa shape index (κ3) is 3.71. The highest BCUT2D eigenvalue weighted by molar-refractivity contribution is 8.26. The van der Waals surface area contributed by atoms with Crippen LogP contribution < -0.4 is 0 Å². The van der Waals surface area contributed by atoms with Crippen molar-refractivity contribution in [1.82, 2.24) is 0 Å². The highest BCUT2D eigenvalue weighted by atomic mass is 32.2. The Bertz CT molecular complexity index is 152. The summed E-state index contributed by atoms with van der Waals surface area (Å²) in [7, 11) is 0. The number of hydrogen-bond donors (Lipinski definition) is 0. The summed E-state index contributed by atoms with van der Waals surface area (Å²) in [6.07, 6.45) is 10.5. The summed E-state index contributed by atoms with van der Waals surface area (Å²) < 4.78 is 0. The highest BCUT2D eigenvalue weighted by Gasteiger charge is 2.09. The van der Waals surface area contributed by atoms with Crippen molar-refractivity contribution in [2.45, 2.75) is 26.1 Å². The maximum absolute atomic E-state index is 2.31. The molecule has 2 heteroatoms. The summed E-state index contributed by atoms with van der Waals surface area (Å²) >= 11 is 2.08.